The quantitative estimate of drug-likeness (QED) is 0.524. The molecule has 0 bridgehead atoms. The number of amides is 1. The van der Waals surface area contributed by atoms with Gasteiger partial charge in [-0.15, -0.1) is 11.6 Å². The van der Waals surface area contributed by atoms with Crippen molar-refractivity contribution in [3.8, 4) is 5.75 Å². The molecular formula is C16H14ClNO3. The number of ketones is 1. The minimum atomic E-state index is -1.28. The van der Waals surface area contributed by atoms with E-state index in [-0.39, 0.29) is 0 Å². The van der Waals surface area contributed by atoms with Gasteiger partial charge in [-0.3, -0.25) is 9.59 Å². The van der Waals surface area contributed by atoms with Crippen LogP contribution in [0.5, 0.6) is 5.75 Å². The Morgan fingerprint density at radius 1 is 1.10 bits per heavy atom. The van der Waals surface area contributed by atoms with Crippen molar-refractivity contribution in [2.75, 3.05) is 12.4 Å². The molecule has 2 rings (SSSR count). The number of methoxy groups -OCH3 is 1. The van der Waals surface area contributed by atoms with Gasteiger partial charge < -0.3 is 10.1 Å². The van der Waals surface area contributed by atoms with E-state index in [4.69, 9.17) is 16.3 Å². The molecule has 0 saturated heterocycles. The normalized spacial score (nSPS) is 11.5. The van der Waals surface area contributed by atoms with Gasteiger partial charge in [0.25, 0.3) is 0 Å². The van der Waals surface area contributed by atoms with Gasteiger partial charge in [0.15, 0.2) is 11.2 Å². The largest absolute Gasteiger partial charge is 0.497 e. The standard InChI is InChI=1S/C16H14ClNO3/c1-21-13-9-5-8-12(10-13)18-16(20)14(17)15(19)11-6-3-2-4-7-11/h2-10,14H,1H3,(H,18,20)/t14-/m1/s1. The average Bonchev–Trinajstić information content (AvgIpc) is 2.54. The lowest BCUT2D eigenvalue weighted by atomic mass is 10.1. The Morgan fingerprint density at radius 3 is 2.48 bits per heavy atom. The number of ether oxygens (including phenoxy) is 1. The summed E-state index contributed by atoms with van der Waals surface area (Å²) in [6, 6.07) is 15.3. The molecular weight excluding hydrogens is 290 g/mol. The van der Waals surface area contributed by atoms with Crippen LogP contribution in [0.15, 0.2) is 54.6 Å². The molecule has 21 heavy (non-hydrogen) atoms. The van der Waals surface area contributed by atoms with Crippen LogP contribution < -0.4 is 10.1 Å². The first kappa shape index (κ1) is 15.1. The molecule has 0 unspecified atom stereocenters. The van der Waals surface area contributed by atoms with Crippen molar-refractivity contribution < 1.29 is 14.3 Å². The molecule has 2 aromatic carbocycles. The van der Waals surface area contributed by atoms with E-state index in [9.17, 15) is 9.59 Å². The van der Waals surface area contributed by atoms with Crippen molar-refractivity contribution in [1.29, 1.82) is 0 Å². The van der Waals surface area contributed by atoms with E-state index in [1.54, 1.807) is 54.6 Å². The Kier molecular flexibility index (Phi) is 4.95. The first-order valence-corrected chi connectivity index (χ1v) is 6.73. The molecule has 5 heteroatoms. The summed E-state index contributed by atoms with van der Waals surface area (Å²) in [6.45, 7) is 0. The molecule has 0 aromatic heterocycles. The molecule has 0 saturated carbocycles. The Balaban J connectivity index is 2.07. The number of hydrogen-bond acceptors (Lipinski definition) is 3. The third-order valence-electron chi connectivity index (χ3n) is 2.86. The van der Waals surface area contributed by atoms with Gasteiger partial charge in [-0.2, -0.15) is 0 Å². The van der Waals surface area contributed by atoms with Crippen molar-refractivity contribution in [3.63, 3.8) is 0 Å². The van der Waals surface area contributed by atoms with E-state index in [0.29, 0.717) is 17.0 Å². The van der Waals surface area contributed by atoms with E-state index in [0.717, 1.165) is 0 Å². The highest BCUT2D eigenvalue weighted by atomic mass is 35.5. The van der Waals surface area contributed by atoms with E-state index >= 15 is 0 Å². The molecule has 1 atom stereocenters. The van der Waals surface area contributed by atoms with Crippen molar-refractivity contribution in [1.82, 2.24) is 0 Å². The minimum Gasteiger partial charge on any atom is -0.497 e. The number of benzene rings is 2. The summed E-state index contributed by atoms with van der Waals surface area (Å²) in [5.74, 6) is -0.398. The maximum absolute atomic E-state index is 12.1. The Bertz CT molecular complexity index is 643. The lowest BCUT2D eigenvalue weighted by Gasteiger charge is -2.10. The number of hydrogen-bond donors (Lipinski definition) is 1. The summed E-state index contributed by atoms with van der Waals surface area (Å²) in [5, 5.41) is 1.32. The lowest BCUT2D eigenvalue weighted by Crippen LogP contribution is -2.30. The van der Waals surface area contributed by atoms with Crippen molar-refractivity contribution in [3.05, 3.63) is 60.2 Å². The van der Waals surface area contributed by atoms with E-state index in [1.165, 1.54) is 7.11 Å². The molecule has 4 nitrogen and oxygen atoms in total. The highest BCUT2D eigenvalue weighted by molar-refractivity contribution is 6.45. The van der Waals surface area contributed by atoms with Crippen molar-refractivity contribution in [2.45, 2.75) is 5.38 Å². The second kappa shape index (κ2) is 6.90. The summed E-state index contributed by atoms with van der Waals surface area (Å²) in [6.07, 6.45) is 0. The number of nitrogens with one attached hydrogen (secondary N) is 1. The second-order valence-corrected chi connectivity index (χ2v) is 4.75. The molecule has 2 aromatic rings. The summed E-state index contributed by atoms with van der Waals surface area (Å²) < 4.78 is 5.06. The van der Waals surface area contributed by atoms with Gasteiger partial charge in [-0.1, -0.05) is 36.4 Å². The SMILES string of the molecule is COc1cccc(NC(=O)[C@H](Cl)C(=O)c2ccccc2)c1. The number of carbonyl (C=O) groups excluding carboxylic acids is 2. The van der Waals surface area contributed by atoms with Gasteiger partial charge in [0.1, 0.15) is 5.75 Å². The van der Waals surface area contributed by atoms with Gasteiger partial charge in [0.2, 0.25) is 5.91 Å². The van der Waals surface area contributed by atoms with Crippen LogP contribution in [0.4, 0.5) is 5.69 Å². The predicted molar refractivity (Wildman–Crippen MR) is 82.0 cm³/mol. The highest BCUT2D eigenvalue weighted by Crippen LogP contribution is 2.18. The zero-order valence-electron chi connectivity index (χ0n) is 11.4. The highest BCUT2D eigenvalue weighted by Gasteiger charge is 2.25. The Hall–Kier alpha value is -2.33. The van der Waals surface area contributed by atoms with Crippen LogP contribution in [0.3, 0.4) is 0 Å². The number of anilines is 1. The van der Waals surface area contributed by atoms with Crippen LogP contribution >= 0.6 is 11.6 Å². The zero-order chi connectivity index (χ0) is 15.2. The third-order valence-corrected chi connectivity index (χ3v) is 3.25. The summed E-state index contributed by atoms with van der Waals surface area (Å²) >= 11 is 5.95. The van der Waals surface area contributed by atoms with Gasteiger partial charge in [-0.25, -0.2) is 0 Å². The topological polar surface area (TPSA) is 55.4 Å². The van der Waals surface area contributed by atoms with Crippen LogP contribution in [0.2, 0.25) is 0 Å². The molecule has 108 valence electrons. The Morgan fingerprint density at radius 2 is 1.81 bits per heavy atom. The number of halogens is 1. The fraction of sp³-hybridized carbons (Fsp3) is 0.125. The molecule has 0 aliphatic carbocycles. The molecule has 0 heterocycles. The van der Waals surface area contributed by atoms with E-state index in [1.807, 2.05) is 0 Å². The van der Waals surface area contributed by atoms with Gasteiger partial charge in [0, 0.05) is 17.3 Å². The molecule has 0 aliphatic rings. The maximum atomic E-state index is 12.1. The van der Waals surface area contributed by atoms with Crippen LogP contribution in [0.25, 0.3) is 0 Å². The predicted octanol–water partition coefficient (Wildman–Crippen LogP) is 3.12. The first-order chi connectivity index (χ1) is 10.1. The number of Topliss-reactive ketones (excluding diaryl/α,β-unsaturated/α-hetero) is 1. The van der Waals surface area contributed by atoms with E-state index < -0.39 is 17.1 Å². The minimum absolute atomic E-state index is 0.401. The fourth-order valence-corrected chi connectivity index (χ4v) is 1.95. The van der Waals surface area contributed by atoms with Crippen LogP contribution in [0, 0.1) is 0 Å². The molecule has 1 N–H and O–H groups in total. The zero-order valence-corrected chi connectivity index (χ0v) is 12.1. The lowest BCUT2D eigenvalue weighted by molar-refractivity contribution is -0.115. The van der Waals surface area contributed by atoms with Gasteiger partial charge >= 0.3 is 0 Å². The van der Waals surface area contributed by atoms with Crippen LogP contribution in [-0.2, 0) is 4.79 Å². The average molecular weight is 304 g/mol. The van der Waals surface area contributed by atoms with Crippen molar-refractivity contribution >= 4 is 29.0 Å². The molecule has 1 amide bonds. The number of carbonyl (C=O) groups is 2. The fourth-order valence-electron chi connectivity index (χ4n) is 1.77. The number of rotatable bonds is 5. The second-order valence-electron chi connectivity index (χ2n) is 4.31. The summed E-state index contributed by atoms with van der Waals surface area (Å²) in [5.41, 5.74) is 0.921. The molecule has 0 radical (unpaired) electrons. The third kappa shape index (κ3) is 3.83. The van der Waals surface area contributed by atoms with Crippen LogP contribution in [0.1, 0.15) is 10.4 Å². The van der Waals surface area contributed by atoms with Gasteiger partial charge in [-0.05, 0) is 12.1 Å². The molecule has 0 aliphatic heterocycles. The summed E-state index contributed by atoms with van der Waals surface area (Å²) in [7, 11) is 1.53. The summed E-state index contributed by atoms with van der Waals surface area (Å²) in [4.78, 5) is 24.1. The van der Waals surface area contributed by atoms with Gasteiger partial charge in [0.05, 0.1) is 7.11 Å². The molecule has 0 fully saturated rings. The maximum Gasteiger partial charge on any atom is 0.250 e. The number of alkyl halides is 1. The molecule has 0 spiro atoms. The smallest absolute Gasteiger partial charge is 0.250 e. The first-order valence-electron chi connectivity index (χ1n) is 6.30. The van der Waals surface area contributed by atoms with Crippen molar-refractivity contribution in [2.24, 2.45) is 0 Å². The van der Waals surface area contributed by atoms with Crippen LogP contribution in [-0.4, -0.2) is 24.2 Å². The van der Waals surface area contributed by atoms with E-state index in [2.05, 4.69) is 5.32 Å². The Labute approximate surface area is 127 Å². The monoisotopic (exact) mass is 303 g/mol.